The van der Waals surface area contributed by atoms with Crippen LogP contribution in [0.2, 0.25) is 0 Å². The normalized spacial score (nSPS) is 10.7. The number of carboxylic acid groups (broad SMARTS) is 1. The van der Waals surface area contributed by atoms with Crippen molar-refractivity contribution in [2.75, 3.05) is 0 Å². The molecule has 0 spiro atoms. The minimum atomic E-state index is -1.25. The van der Waals surface area contributed by atoms with Gasteiger partial charge in [0.05, 0.1) is 0 Å². The van der Waals surface area contributed by atoms with Crippen molar-refractivity contribution in [1.82, 2.24) is 0 Å². The maximum atomic E-state index is 10.6. The molecule has 0 radical (unpaired) electrons. The number of para-hydroxylation sites is 1. The zero-order valence-corrected chi connectivity index (χ0v) is 11.9. The summed E-state index contributed by atoms with van der Waals surface area (Å²) in [5.74, 6) is 1.25. The molecule has 0 heterocycles. The summed E-state index contributed by atoms with van der Waals surface area (Å²) in [5.41, 5.74) is 0.980. The Morgan fingerprint density at radius 3 is 2.53 bits per heavy atom. The third-order valence-electron chi connectivity index (χ3n) is 3.15. The van der Waals surface area contributed by atoms with Crippen molar-refractivity contribution in [2.45, 2.75) is 52.4 Å². The van der Waals surface area contributed by atoms with E-state index < -0.39 is 6.16 Å². The molecule has 1 N–H and O–H groups in total. The molecule has 106 valence electrons. The molecule has 3 nitrogen and oxygen atoms in total. The van der Waals surface area contributed by atoms with Gasteiger partial charge in [0.15, 0.2) is 0 Å². The molecule has 0 bridgehead atoms. The maximum absolute atomic E-state index is 10.6. The highest BCUT2D eigenvalue weighted by Crippen LogP contribution is 2.21. The van der Waals surface area contributed by atoms with E-state index in [1.807, 2.05) is 12.1 Å². The van der Waals surface area contributed by atoms with Gasteiger partial charge in [0.1, 0.15) is 5.75 Å². The summed E-state index contributed by atoms with van der Waals surface area (Å²) in [6.07, 6.45) is 5.73. The van der Waals surface area contributed by atoms with Crippen LogP contribution in [0, 0.1) is 5.92 Å². The largest absolute Gasteiger partial charge is 0.511 e. The molecule has 0 saturated carbocycles. The predicted octanol–water partition coefficient (Wildman–Crippen LogP) is 4.89. The van der Waals surface area contributed by atoms with Crippen molar-refractivity contribution in [1.29, 1.82) is 0 Å². The molecule has 19 heavy (non-hydrogen) atoms. The van der Waals surface area contributed by atoms with Crippen LogP contribution in [0.1, 0.15) is 51.5 Å². The van der Waals surface area contributed by atoms with Gasteiger partial charge in [-0.05, 0) is 30.4 Å². The third-order valence-corrected chi connectivity index (χ3v) is 3.15. The van der Waals surface area contributed by atoms with Crippen molar-refractivity contribution in [3.8, 4) is 5.75 Å². The topological polar surface area (TPSA) is 46.5 Å². The van der Waals surface area contributed by atoms with Gasteiger partial charge in [0.25, 0.3) is 0 Å². The molecule has 0 aliphatic carbocycles. The first-order chi connectivity index (χ1) is 9.09. The minimum absolute atomic E-state index is 0.470. The Hall–Kier alpha value is -1.51. The van der Waals surface area contributed by atoms with Crippen LogP contribution in [0.15, 0.2) is 24.3 Å². The zero-order chi connectivity index (χ0) is 14.1. The molecule has 0 aliphatic heterocycles. The number of rotatable bonds is 8. The Morgan fingerprint density at radius 2 is 1.84 bits per heavy atom. The van der Waals surface area contributed by atoms with E-state index in [-0.39, 0.29) is 0 Å². The Balaban J connectivity index is 2.30. The van der Waals surface area contributed by atoms with Crippen molar-refractivity contribution in [2.24, 2.45) is 5.92 Å². The van der Waals surface area contributed by atoms with Gasteiger partial charge >= 0.3 is 6.16 Å². The molecule has 1 aromatic carbocycles. The number of carbonyl (C=O) groups is 1. The summed E-state index contributed by atoms with van der Waals surface area (Å²) >= 11 is 0. The molecule has 3 heteroatoms. The summed E-state index contributed by atoms with van der Waals surface area (Å²) in [5, 5.41) is 8.66. The maximum Gasteiger partial charge on any atom is 0.511 e. The first-order valence-electron chi connectivity index (χ1n) is 7.08. The standard InChI is InChI=1S/C16H24O3/c1-13(2)9-5-3-4-6-10-14-11-7-8-12-15(14)19-16(17)18/h7-8,11-13H,3-6,9-10H2,1-2H3,(H,17,18). The fourth-order valence-corrected chi connectivity index (χ4v) is 2.13. The molecule has 0 saturated heterocycles. The monoisotopic (exact) mass is 264 g/mol. The molecule has 0 aromatic heterocycles. The van der Waals surface area contributed by atoms with Gasteiger partial charge in [-0.3, -0.25) is 0 Å². The number of aryl methyl sites for hydroxylation is 1. The second kappa shape index (κ2) is 8.57. The van der Waals surface area contributed by atoms with Crippen LogP contribution < -0.4 is 4.74 Å². The van der Waals surface area contributed by atoms with E-state index in [9.17, 15) is 4.79 Å². The van der Waals surface area contributed by atoms with Crippen LogP contribution in [0.5, 0.6) is 5.75 Å². The lowest BCUT2D eigenvalue weighted by Crippen LogP contribution is -2.05. The molecule has 0 amide bonds. The number of unbranched alkanes of at least 4 members (excludes halogenated alkanes) is 3. The van der Waals surface area contributed by atoms with Crippen LogP contribution in [0.3, 0.4) is 0 Å². The summed E-state index contributed by atoms with van der Waals surface area (Å²) in [4.78, 5) is 10.6. The van der Waals surface area contributed by atoms with Gasteiger partial charge in [0.2, 0.25) is 0 Å². The Kier molecular flexibility index (Phi) is 7.01. The van der Waals surface area contributed by atoms with Gasteiger partial charge in [-0.25, -0.2) is 4.79 Å². The molecule has 0 atom stereocenters. The summed E-state index contributed by atoms with van der Waals surface area (Å²) < 4.78 is 4.77. The van der Waals surface area contributed by atoms with Crippen molar-refractivity contribution in [3.63, 3.8) is 0 Å². The first-order valence-corrected chi connectivity index (χ1v) is 7.08. The van der Waals surface area contributed by atoms with Crippen LogP contribution in [0.25, 0.3) is 0 Å². The summed E-state index contributed by atoms with van der Waals surface area (Å²) in [6, 6.07) is 7.36. The van der Waals surface area contributed by atoms with Crippen molar-refractivity contribution < 1.29 is 14.6 Å². The van der Waals surface area contributed by atoms with Crippen LogP contribution in [-0.4, -0.2) is 11.3 Å². The molecule has 0 aliphatic rings. The number of ether oxygens (including phenoxy) is 1. The number of benzene rings is 1. The first kappa shape index (κ1) is 15.5. The Morgan fingerprint density at radius 1 is 1.16 bits per heavy atom. The second-order valence-electron chi connectivity index (χ2n) is 5.32. The van der Waals surface area contributed by atoms with E-state index in [0.717, 1.165) is 24.3 Å². The fourth-order valence-electron chi connectivity index (χ4n) is 2.13. The van der Waals surface area contributed by atoms with E-state index in [1.54, 1.807) is 12.1 Å². The van der Waals surface area contributed by atoms with E-state index >= 15 is 0 Å². The van der Waals surface area contributed by atoms with Gasteiger partial charge in [0, 0.05) is 0 Å². The summed E-state index contributed by atoms with van der Waals surface area (Å²) in [7, 11) is 0. The minimum Gasteiger partial charge on any atom is -0.449 e. The zero-order valence-electron chi connectivity index (χ0n) is 11.9. The third kappa shape index (κ3) is 6.85. The average Bonchev–Trinajstić information content (AvgIpc) is 2.34. The predicted molar refractivity (Wildman–Crippen MR) is 76.7 cm³/mol. The van der Waals surface area contributed by atoms with Crippen LogP contribution >= 0.6 is 0 Å². The average molecular weight is 264 g/mol. The van der Waals surface area contributed by atoms with E-state index in [1.165, 1.54) is 25.7 Å². The Labute approximate surface area is 115 Å². The van der Waals surface area contributed by atoms with Gasteiger partial charge in [-0.15, -0.1) is 0 Å². The highest BCUT2D eigenvalue weighted by Gasteiger charge is 2.06. The van der Waals surface area contributed by atoms with Crippen molar-refractivity contribution in [3.05, 3.63) is 29.8 Å². The lowest BCUT2D eigenvalue weighted by atomic mass is 10.0. The molecule has 1 aromatic rings. The Bertz CT molecular complexity index is 385. The fraction of sp³-hybridized carbons (Fsp3) is 0.562. The van der Waals surface area contributed by atoms with E-state index in [0.29, 0.717) is 5.75 Å². The van der Waals surface area contributed by atoms with E-state index in [2.05, 4.69) is 13.8 Å². The molecular formula is C16H24O3. The van der Waals surface area contributed by atoms with Gasteiger partial charge < -0.3 is 9.84 Å². The highest BCUT2D eigenvalue weighted by molar-refractivity contribution is 5.62. The lowest BCUT2D eigenvalue weighted by molar-refractivity contribution is 0.144. The quantitative estimate of drug-likeness (QED) is 0.413. The number of hydrogen-bond acceptors (Lipinski definition) is 2. The smallest absolute Gasteiger partial charge is 0.449 e. The second-order valence-corrected chi connectivity index (χ2v) is 5.32. The molecule has 1 rings (SSSR count). The SMILES string of the molecule is CC(C)CCCCCCc1ccccc1OC(=O)O. The molecule has 0 fully saturated rings. The van der Waals surface area contributed by atoms with Crippen molar-refractivity contribution >= 4 is 6.16 Å². The highest BCUT2D eigenvalue weighted by atomic mass is 16.7. The van der Waals surface area contributed by atoms with E-state index in [4.69, 9.17) is 9.84 Å². The van der Waals surface area contributed by atoms with Gasteiger partial charge in [-0.1, -0.05) is 57.7 Å². The van der Waals surface area contributed by atoms with Crippen LogP contribution in [0.4, 0.5) is 4.79 Å². The summed E-state index contributed by atoms with van der Waals surface area (Å²) in [6.45, 7) is 4.50. The van der Waals surface area contributed by atoms with Gasteiger partial charge in [-0.2, -0.15) is 0 Å². The molecule has 0 unspecified atom stereocenters. The van der Waals surface area contributed by atoms with Crippen LogP contribution in [-0.2, 0) is 6.42 Å². The number of hydrogen-bond donors (Lipinski definition) is 1. The molecular weight excluding hydrogens is 240 g/mol. The lowest BCUT2D eigenvalue weighted by Gasteiger charge is -2.08.